The van der Waals surface area contributed by atoms with Gasteiger partial charge in [-0.1, -0.05) is 133 Å². The van der Waals surface area contributed by atoms with Gasteiger partial charge >= 0.3 is 6.18 Å². The van der Waals surface area contributed by atoms with Crippen LogP contribution in [-0.2, 0) is 11.6 Å². The summed E-state index contributed by atoms with van der Waals surface area (Å²) in [5, 5.41) is 2.02. The molecule has 0 aliphatic heterocycles. The lowest BCUT2D eigenvalue weighted by molar-refractivity contribution is -0.137. The first-order valence-electron chi connectivity index (χ1n) is 18.3. The van der Waals surface area contributed by atoms with Crippen LogP contribution in [0.2, 0.25) is 0 Å². The van der Waals surface area contributed by atoms with Crippen LogP contribution in [-0.4, -0.2) is 0 Å². The SMILES string of the molecule is FC(F)(F)c1ccc(-c2ccc(N(c3cccc4c3-c3ccccc3C43c4ccccc4-c4ccccc43)c3cccc4oc5ccccc5c34)cc2)cc1. The van der Waals surface area contributed by atoms with E-state index in [1.54, 1.807) is 0 Å². The molecule has 0 saturated heterocycles. The smallest absolute Gasteiger partial charge is 0.416 e. The topological polar surface area (TPSA) is 16.4 Å². The molecule has 1 spiro atoms. The zero-order valence-corrected chi connectivity index (χ0v) is 29.3. The molecule has 0 N–H and O–H groups in total. The summed E-state index contributed by atoms with van der Waals surface area (Å²) in [4.78, 5) is 2.32. The molecule has 8 aromatic carbocycles. The maximum atomic E-state index is 13.4. The van der Waals surface area contributed by atoms with E-state index in [1.807, 2.05) is 42.5 Å². The molecule has 0 fully saturated rings. The van der Waals surface area contributed by atoms with Crippen LogP contribution in [0.1, 0.15) is 27.8 Å². The molecule has 55 heavy (non-hydrogen) atoms. The Morgan fingerprint density at radius 1 is 0.436 bits per heavy atom. The molecule has 0 bridgehead atoms. The number of para-hydroxylation sites is 1. The van der Waals surface area contributed by atoms with E-state index in [4.69, 9.17) is 4.42 Å². The van der Waals surface area contributed by atoms with Gasteiger partial charge in [0.25, 0.3) is 0 Å². The van der Waals surface area contributed by atoms with Gasteiger partial charge in [0.15, 0.2) is 0 Å². The molecule has 1 heterocycles. The Bertz CT molecular complexity index is 2930. The van der Waals surface area contributed by atoms with Gasteiger partial charge in [-0.2, -0.15) is 13.2 Å². The lowest BCUT2D eigenvalue weighted by Crippen LogP contribution is -2.26. The van der Waals surface area contributed by atoms with E-state index in [0.29, 0.717) is 5.56 Å². The highest BCUT2D eigenvalue weighted by molar-refractivity contribution is 6.14. The molecular weight excluding hydrogens is 688 g/mol. The highest BCUT2D eigenvalue weighted by Crippen LogP contribution is 2.64. The first kappa shape index (κ1) is 31.7. The van der Waals surface area contributed by atoms with Gasteiger partial charge in [0.1, 0.15) is 11.2 Å². The van der Waals surface area contributed by atoms with Crippen molar-refractivity contribution in [3.8, 4) is 33.4 Å². The fourth-order valence-corrected chi connectivity index (χ4v) is 9.32. The van der Waals surface area contributed by atoms with Gasteiger partial charge in [0.05, 0.1) is 27.7 Å². The normalized spacial score (nSPS) is 13.5. The van der Waals surface area contributed by atoms with Crippen molar-refractivity contribution in [1.82, 2.24) is 0 Å². The molecule has 9 aromatic rings. The van der Waals surface area contributed by atoms with Crippen LogP contribution in [0, 0.1) is 0 Å². The number of nitrogens with zero attached hydrogens (tertiary/aromatic N) is 1. The van der Waals surface area contributed by atoms with E-state index in [0.717, 1.165) is 62.3 Å². The van der Waals surface area contributed by atoms with Crippen LogP contribution in [0.15, 0.2) is 186 Å². The van der Waals surface area contributed by atoms with Crippen molar-refractivity contribution < 1.29 is 17.6 Å². The standard InChI is InChI=1S/C50H30F3NO/c51-50(52,53)33-27-23-31(24-28-33)32-25-29-34(30-26-32)54(44-20-10-22-46-48(44)38-14-4-8-21-45(38)55-46)43-19-9-18-42-47(43)37-13-3-7-17-41(37)49(42)39-15-5-1-11-35(39)36-12-2-6-16-40(36)49/h1-30H. The van der Waals surface area contributed by atoms with Gasteiger partial charge in [-0.05, 0) is 98.6 Å². The number of furan rings is 1. The maximum absolute atomic E-state index is 13.4. The van der Waals surface area contributed by atoms with Crippen LogP contribution in [0.4, 0.5) is 30.2 Å². The zero-order chi connectivity index (χ0) is 36.9. The van der Waals surface area contributed by atoms with Crippen LogP contribution in [0.25, 0.3) is 55.3 Å². The number of rotatable bonds is 4. The zero-order valence-electron chi connectivity index (χ0n) is 29.3. The van der Waals surface area contributed by atoms with E-state index in [9.17, 15) is 13.2 Å². The van der Waals surface area contributed by atoms with Crippen molar-refractivity contribution in [1.29, 1.82) is 0 Å². The predicted octanol–water partition coefficient (Wildman–Crippen LogP) is 14.1. The number of fused-ring (bicyclic) bond motifs is 13. The molecule has 262 valence electrons. The lowest BCUT2D eigenvalue weighted by atomic mass is 9.70. The van der Waals surface area contributed by atoms with Gasteiger partial charge in [0.2, 0.25) is 0 Å². The first-order valence-corrected chi connectivity index (χ1v) is 18.3. The Morgan fingerprint density at radius 3 is 1.62 bits per heavy atom. The number of halogens is 3. The monoisotopic (exact) mass is 717 g/mol. The second-order valence-electron chi connectivity index (χ2n) is 14.3. The average molecular weight is 718 g/mol. The molecule has 0 radical (unpaired) electrons. The van der Waals surface area contributed by atoms with Gasteiger partial charge < -0.3 is 9.32 Å². The van der Waals surface area contributed by atoms with Crippen LogP contribution in [0.3, 0.4) is 0 Å². The second-order valence-corrected chi connectivity index (χ2v) is 14.3. The molecule has 11 rings (SSSR count). The summed E-state index contributed by atoms with van der Waals surface area (Å²) in [6.07, 6.45) is -4.39. The first-order chi connectivity index (χ1) is 26.9. The second kappa shape index (κ2) is 11.6. The minimum atomic E-state index is -4.39. The van der Waals surface area contributed by atoms with Gasteiger partial charge in [0, 0.05) is 16.6 Å². The van der Waals surface area contributed by atoms with E-state index < -0.39 is 17.2 Å². The number of alkyl halides is 3. The van der Waals surface area contributed by atoms with Gasteiger partial charge in [-0.15, -0.1) is 0 Å². The Balaban J connectivity index is 1.18. The molecule has 1 aromatic heterocycles. The largest absolute Gasteiger partial charge is 0.456 e. The van der Waals surface area contributed by atoms with Crippen LogP contribution < -0.4 is 4.90 Å². The summed E-state index contributed by atoms with van der Waals surface area (Å²) in [7, 11) is 0. The number of hydrogen-bond acceptors (Lipinski definition) is 2. The van der Waals surface area contributed by atoms with Gasteiger partial charge in [-0.25, -0.2) is 0 Å². The summed E-state index contributed by atoms with van der Waals surface area (Å²) in [5.41, 5.74) is 14.7. The predicted molar refractivity (Wildman–Crippen MR) is 215 cm³/mol. The maximum Gasteiger partial charge on any atom is 0.416 e. The molecule has 2 aliphatic rings. The van der Waals surface area contributed by atoms with Crippen molar-refractivity contribution in [2.45, 2.75) is 11.6 Å². The number of benzene rings is 8. The lowest BCUT2D eigenvalue weighted by Gasteiger charge is -2.32. The summed E-state index contributed by atoms with van der Waals surface area (Å²) in [5.74, 6) is 0. The van der Waals surface area contributed by atoms with E-state index in [2.05, 4.69) is 120 Å². The van der Waals surface area contributed by atoms with Crippen LogP contribution >= 0.6 is 0 Å². The molecule has 0 atom stereocenters. The Labute approximate surface area is 315 Å². The quantitative estimate of drug-likeness (QED) is 0.180. The fourth-order valence-electron chi connectivity index (χ4n) is 9.32. The third-order valence-corrected chi connectivity index (χ3v) is 11.5. The van der Waals surface area contributed by atoms with Crippen molar-refractivity contribution >= 4 is 39.0 Å². The molecule has 2 nitrogen and oxygen atoms in total. The third kappa shape index (κ3) is 4.44. The summed E-state index contributed by atoms with van der Waals surface area (Å²) in [6.45, 7) is 0. The minimum absolute atomic E-state index is 0.512. The molecular formula is C50H30F3NO. The summed E-state index contributed by atoms with van der Waals surface area (Å²) < 4.78 is 46.6. The van der Waals surface area contributed by atoms with Crippen molar-refractivity contribution in [2.75, 3.05) is 4.90 Å². The van der Waals surface area contributed by atoms with Crippen molar-refractivity contribution in [2.24, 2.45) is 0 Å². The highest BCUT2D eigenvalue weighted by Gasteiger charge is 2.52. The third-order valence-electron chi connectivity index (χ3n) is 11.5. The van der Waals surface area contributed by atoms with E-state index in [1.165, 1.54) is 51.1 Å². The van der Waals surface area contributed by atoms with Crippen LogP contribution in [0.5, 0.6) is 0 Å². The summed E-state index contributed by atoms with van der Waals surface area (Å²) >= 11 is 0. The minimum Gasteiger partial charge on any atom is -0.456 e. The Kier molecular flexibility index (Phi) is 6.66. The van der Waals surface area contributed by atoms with Crippen molar-refractivity contribution in [3.63, 3.8) is 0 Å². The highest BCUT2D eigenvalue weighted by atomic mass is 19.4. The molecule has 0 unspecified atom stereocenters. The number of anilines is 3. The molecule has 5 heteroatoms. The fraction of sp³-hybridized carbons (Fsp3) is 0.0400. The van der Waals surface area contributed by atoms with Gasteiger partial charge in [-0.3, -0.25) is 0 Å². The van der Waals surface area contributed by atoms with E-state index in [-0.39, 0.29) is 0 Å². The molecule has 0 amide bonds. The average Bonchev–Trinajstić information content (AvgIpc) is 3.86. The van der Waals surface area contributed by atoms with E-state index >= 15 is 0 Å². The molecule has 0 saturated carbocycles. The van der Waals surface area contributed by atoms with Crippen molar-refractivity contribution in [3.05, 3.63) is 210 Å². The number of hydrogen-bond donors (Lipinski definition) is 0. The summed E-state index contributed by atoms with van der Waals surface area (Å²) in [6, 6.07) is 60.8. The Morgan fingerprint density at radius 2 is 0.945 bits per heavy atom. The Hall–Kier alpha value is -6.85. The molecule has 2 aliphatic carbocycles.